The molecule has 0 spiro atoms. The molecule has 0 fully saturated rings. The average Bonchev–Trinajstić information content (AvgIpc) is 2.18. The molecule has 0 aromatic carbocycles. The highest BCUT2D eigenvalue weighted by atomic mass is 35.6. The summed E-state index contributed by atoms with van der Waals surface area (Å²) < 4.78 is 3.21. The third-order valence-corrected chi connectivity index (χ3v) is 3.45. The van der Waals surface area contributed by atoms with E-state index in [4.69, 9.17) is 34.8 Å². The molecular weight excluding hydrogens is 272 g/mol. The van der Waals surface area contributed by atoms with E-state index < -0.39 is 15.9 Å². The Balaban J connectivity index is 2.95. The lowest BCUT2D eigenvalue weighted by Crippen LogP contribution is -2.53. The zero-order valence-electron chi connectivity index (χ0n) is 9.31. The Labute approximate surface area is 110 Å². The summed E-state index contributed by atoms with van der Waals surface area (Å²) in [5, 5.41) is 3.00. The second kappa shape index (κ2) is 5.13. The van der Waals surface area contributed by atoms with Crippen molar-refractivity contribution in [1.29, 1.82) is 0 Å². The van der Waals surface area contributed by atoms with Gasteiger partial charge in [0.2, 0.25) is 3.79 Å². The lowest BCUT2D eigenvalue weighted by molar-refractivity contribution is -0.143. The molecule has 0 aliphatic carbocycles. The fraction of sp³-hybridized carbons (Fsp3) is 0.700. The summed E-state index contributed by atoms with van der Waals surface area (Å²) >= 11 is 17.6. The molecular formula is C10H14Cl3NO2. The van der Waals surface area contributed by atoms with E-state index in [0.29, 0.717) is 6.42 Å². The highest BCUT2D eigenvalue weighted by Crippen LogP contribution is 2.37. The number of ether oxygens (including phenoxy) is 1. The number of hydrogen-bond donors (Lipinski definition) is 1. The maximum atomic E-state index is 11.5. The van der Waals surface area contributed by atoms with Gasteiger partial charge in [0, 0.05) is 0 Å². The monoisotopic (exact) mass is 285 g/mol. The van der Waals surface area contributed by atoms with E-state index in [2.05, 4.69) is 10.1 Å². The van der Waals surface area contributed by atoms with Crippen molar-refractivity contribution in [3.05, 3.63) is 11.1 Å². The van der Waals surface area contributed by atoms with Crippen LogP contribution in [-0.4, -0.2) is 29.0 Å². The Morgan fingerprint density at radius 1 is 1.44 bits per heavy atom. The topological polar surface area (TPSA) is 38.3 Å². The molecule has 0 saturated heterocycles. The molecule has 16 heavy (non-hydrogen) atoms. The van der Waals surface area contributed by atoms with Gasteiger partial charge in [0.05, 0.1) is 13.2 Å². The predicted molar refractivity (Wildman–Crippen MR) is 66.0 cm³/mol. The largest absolute Gasteiger partial charge is 0.468 e. The summed E-state index contributed by atoms with van der Waals surface area (Å²) in [5.74, 6) is -0.342. The highest BCUT2D eigenvalue weighted by molar-refractivity contribution is 6.68. The normalized spacial score (nSPS) is 26.9. The van der Waals surface area contributed by atoms with E-state index in [1.165, 1.54) is 7.11 Å². The van der Waals surface area contributed by atoms with Crippen molar-refractivity contribution in [2.75, 3.05) is 7.11 Å². The van der Waals surface area contributed by atoms with Crippen LogP contribution in [0, 0.1) is 0 Å². The number of nitrogens with one attached hydrogen (secondary N) is 1. The van der Waals surface area contributed by atoms with Crippen molar-refractivity contribution in [2.45, 2.75) is 36.1 Å². The van der Waals surface area contributed by atoms with E-state index in [1.807, 2.05) is 13.8 Å². The Bertz CT molecular complexity index is 323. The molecule has 0 aromatic rings. The third-order valence-electron chi connectivity index (χ3n) is 2.80. The van der Waals surface area contributed by atoms with Gasteiger partial charge in [0.1, 0.15) is 6.04 Å². The lowest BCUT2D eigenvalue weighted by Gasteiger charge is -2.35. The minimum absolute atomic E-state index is 0.342. The average molecular weight is 287 g/mol. The van der Waals surface area contributed by atoms with Gasteiger partial charge in [-0.2, -0.15) is 0 Å². The molecule has 0 amide bonds. The van der Waals surface area contributed by atoms with Crippen molar-refractivity contribution in [1.82, 2.24) is 5.32 Å². The summed E-state index contributed by atoms with van der Waals surface area (Å²) in [7, 11) is 1.34. The van der Waals surface area contributed by atoms with Crippen LogP contribution in [0.5, 0.6) is 0 Å². The molecule has 2 unspecified atom stereocenters. The fourth-order valence-electron chi connectivity index (χ4n) is 1.73. The van der Waals surface area contributed by atoms with Gasteiger partial charge in [0.15, 0.2) is 0 Å². The molecule has 1 N–H and O–H groups in total. The minimum atomic E-state index is -1.47. The zero-order chi connectivity index (χ0) is 12.5. The Kier molecular flexibility index (Phi) is 4.52. The molecule has 2 atom stereocenters. The first-order chi connectivity index (χ1) is 7.27. The molecule has 6 heteroatoms. The van der Waals surface area contributed by atoms with Gasteiger partial charge in [-0.1, -0.05) is 45.9 Å². The summed E-state index contributed by atoms with van der Waals surface area (Å²) in [5.41, 5.74) is 2.01. The minimum Gasteiger partial charge on any atom is -0.468 e. The Morgan fingerprint density at radius 2 is 2.00 bits per heavy atom. The van der Waals surface area contributed by atoms with E-state index in [0.717, 1.165) is 11.1 Å². The summed E-state index contributed by atoms with van der Waals surface area (Å²) in [6.07, 6.45) is 0.579. The second-order valence-corrected chi connectivity index (χ2v) is 6.25. The molecule has 3 nitrogen and oxygen atoms in total. The van der Waals surface area contributed by atoms with Crippen molar-refractivity contribution < 1.29 is 9.53 Å². The number of methoxy groups -OCH3 is 1. The van der Waals surface area contributed by atoms with Gasteiger partial charge in [0.25, 0.3) is 0 Å². The maximum Gasteiger partial charge on any atom is 0.323 e. The number of rotatable bonds is 1. The summed E-state index contributed by atoms with van der Waals surface area (Å²) in [6.45, 7) is 3.82. The van der Waals surface area contributed by atoms with Crippen LogP contribution in [0.2, 0.25) is 0 Å². The molecule has 0 aromatic heterocycles. The number of alkyl halides is 3. The van der Waals surface area contributed by atoms with Gasteiger partial charge in [-0.15, -0.1) is 0 Å². The predicted octanol–water partition coefficient (Wildman–Crippen LogP) is 2.60. The quantitative estimate of drug-likeness (QED) is 0.457. The van der Waals surface area contributed by atoms with Crippen molar-refractivity contribution in [3.8, 4) is 0 Å². The van der Waals surface area contributed by atoms with Gasteiger partial charge in [-0.3, -0.25) is 10.1 Å². The van der Waals surface area contributed by atoms with Crippen LogP contribution in [0.25, 0.3) is 0 Å². The number of esters is 1. The summed E-state index contributed by atoms with van der Waals surface area (Å²) in [6, 6.07) is -0.912. The molecule has 1 rings (SSSR count). The van der Waals surface area contributed by atoms with E-state index in [9.17, 15) is 4.79 Å². The van der Waals surface area contributed by atoms with Crippen molar-refractivity contribution in [3.63, 3.8) is 0 Å². The van der Waals surface area contributed by atoms with Crippen molar-refractivity contribution in [2.24, 2.45) is 0 Å². The van der Waals surface area contributed by atoms with Crippen LogP contribution >= 0.6 is 34.8 Å². The molecule has 0 bridgehead atoms. The molecule has 0 radical (unpaired) electrons. The lowest BCUT2D eigenvalue weighted by atomic mass is 9.93. The maximum absolute atomic E-state index is 11.5. The summed E-state index contributed by atoms with van der Waals surface area (Å²) in [4.78, 5) is 11.5. The molecule has 1 aliphatic heterocycles. The number of hydrogen-bond acceptors (Lipinski definition) is 3. The highest BCUT2D eigenvalue weighted by Gasteiger charge is 2.40. The van der Waals surface area contributed by atoms with Crippen LogP contribution < -0.4 is 5.32 Å². The van der Waals surface area contributed by atoms with Gasteiger partial charge >= 0.3 is 5.97 Å². The van der Waals surface area contributed by atoms with E-state index in [1.54, 1.807) is 0 Å². The van der Waals surface area contributed by atoms with Gasteiger partial charge in [-0.25, -0.2) is 0 Å². The number of carbonyl (C=O) groups excluding carboxylic acids is 1. The van der Waals surface area contributed by atoms with Crippen LogP contribution in [0.4, 0.5) is 0 Å². The first-order valence-corrected chi connectivity index (χ1v) is 5.97. The number of carbonyl (C=O) groups is 1. The molecule has 1 heterocycles. The molecule has 92 valence electrons. The molecule has 0 saturated carbocycles. The van der Waals surface area contributed by atoms with Crippen LogP contribution in [0.1, 0.15) is 20.3 Å². The third kappa shape index (κ3) is 3.04. The van der Waals surface area contributed by atoms with Gasteiger partial charge < -0.3 is 4.74 Å². The standard InChI is InChI=1S/C10H14Cl3NO2/c1-5-4-7(9(15)16-3)14-8(6(5)2)10(11,12)13/h7-8,14H,4H2,1-3H3. The fourth-order valence-corrected chi connectivity index (χ4v) is 2.41. The van der Waals surface area contributed by atoms with Crippen molar-refractivity contribution >= 4 is 40.8 Å². The van der Waals surface area contributed by atoms with Crippen LogP contribution in [0.15, 0.2) is 11.1 Å². The van der Waals surface area contributed by atoms with Gasteiger partial charge in [-0.05, 0) is 20.3 Å². The SMILES string of the molecule is COC(=O)C1CC(C)=C(C)C(C(Cl)(Cl)Cl)N1. The van der Waals surface area contributed by atoms with Crippen LogP contribution in [-0.2, 0) is 9.53 Å². The molecule has 1 aliphatic rings. The van der Waals surface area contributed by atoms with E-state index >= 15 is 0 Å². The smallest absolute Gasteiger partial charge is 0.323 e. The first-order valence-electron chi connectivity index (χ1n) is 4.84. The second-order valence-electron chi connectivity index (χ2n) is 3.88. The number of halogens is 3. The van der Waals surface area contributed by atoms with Crippen LogP contribution in [0.3, 0.4) is 0 Å². The van der Waals surface area contributed by atoms with E-state index in [-0.39, 0.29) is 5.97 Å². The Hall–Kier alpha value is 0.0400. The Morgan fingerprint density at radius 3 is 2.44 bits per heavy atom. The zero-order valence-corrected chi connectivity index (χ0v) is 11.6. The first kappa shape index (κ1) is 14.1.